The molecule has 0 aromatic carbocycles. The van der Waals surface area contributed by atoms with Crippen LogP contribution in [0.5, 0.6) is 0 Å². The molecule has 1 radical (unpaired) electrons. The minimum Gasteiger partial charge on any atom is -0.381 e. The van der Waals surface area contributed by atoms with Crippen molar-refractivity contribution < 1.29 is 9.90 Å². The predicted octanol–water partition coefficient (Wildman–Crippen LogP) is 0.950. The number of carbonyl (C=O) groups excluding carboxylic acids is 1. The summed E-state index contributed by atoms with van der Waals surface area (Å²) in [5, 5.41) is 9.72. The average Bonchev–Trinajstić information content (AvgIpc) is 2.38. The lowest BCUT2D eigenvalue weighted by molar-refractivity contribution is -0.149. The van der Waals surface area contributed by atoms with Crippen molar-refractivity contribution in [3.8, 4) is 0 Å². The highest BCUT2D eigenvalue weighted by Gasteiger charge is 2.31. The first-order valence-corrected chi connectivity index (χ1v) is 6.45. The summed E-state index contributed by atoms with van der Waals surface area (Å²) in [5.41, 5.74) is -0.0194. The summed E-state index contributed by atoms with van der Waals surface area (Å²) in [4.78, 5) is 16.0. The Morgan fingerprint density at radius 3 is 2.44 bits per heavy atom. The Balaban J connectivity index is 1.90. The zero-order valence-corrected chi connectivity index (χ0v) is 11.1. The second kappa shape index (κ2) is 5.14. The van der Waals surface area contributed by atoms with Crippen LogP contribution in [0.3, 0.4) is 0 Å². The lowest BCUT2D eigenvalue weighted by Crippen LogP contribution is -2.53. The molecule has 1 N–H and O–H groups in total. The highest BCUT2D eigenvalue weighted by Crippen LogP contribution is 2.17. The Bertz CT molecular complexity index is 372. The van der Waals surface area contributed by atoms with Gasteiger partial charge in [0.15, 0.2) is 0 Å². The van der Waals surface area contributed by atoms with Crippen LogP contribution in [0.2, 0.25) is 0 Å². The van der Waals surface area contributed by atoms with E-state index in [1.165, 1.54) is 5.70 Å². The summed E-state index contributed by atoms with van der Waals surface area (Å²) in [7, 11) is 0. The number of hydrogen-bond acceptors (Lipinski definition) is 3. The van der Waals surface area contributed by atoms with Crippen molar-refractivity contribution in [2.75, 3.05) is 26.2 Å². The van der Waals surface area contributed by atoms with Crippen LogP contribution in [-0.2, 0) is 4.79 Å². The molecule has 18 heavy (non-hydrogen) atoms. The fraction of sp³-hybridized carbons (Fsp3) is 0.571. The van der Waals surface area contributed by atoms with E-state index in [2.05, 4.69) is 29.5 Å². The highest BCUT2D eigenvalue weighted by atomic mass is 16.3. The molecule has 0 saturated carbocycles. The molecule has 2 aliphatic rings. The first kappa shape index (κ1) is 13.1. The fourth-order valence-corrected chi connectivity index (χ4v) is 2.29. The van der Waals surface area contributed by atoms with Crippen molar-refractivity contribution in [2.45, 2.75) is 25.9 Å². The van der Waals surface area contributed by atoms with E-state index in [0.717, 1.165) is 19.5 Å². The highest BCUT2D eigenvalue weighted by molar-refractivity contribution is 5.84. The monoisotopic (exact) mass is 249 g/mol. The summed E-state index contributed by atoms with van der Waals surface area (Å²) >= 11 is 0. The molecule has 0 unspecified atom stereocenters. The van der Waals surface area contributed by atoms with Crippen LogP contribution in [-0.4, -0.2) is 52.6 Å². The van der Waals surface area contributed by atoms with Crippen molar-refractivity contribution in [2.24, 2.45) is 0 Å². The summed E-state index contributed by atoms with van der Waals surface area (Å²) in [5.74, 6) is -0.177. The number of carbonyl (C=O) groups is 1. The Labute approximate surface area is 109 Å². The molecule has 1 saturated heterocycles. The molecule has 1 aliphatic heterocycles. The van der Waals surface area contributed by atoms with Crippen molar-refractivity contribution in [1.29, 1.82) is 0 Å². The molecule has 99 valence electrons. The van der Waals surface area contributed by atoms with E-state index < -0.39 is 5.60 Å². The van der Waals surface area contributed by atoms with Gasteiger partial charge in [0.25, 0.3) is 5.91 Å². The van der Waals surface area contributed by atoms with Crippen LogP contribution in [0.4, 0.5) is 0 Å². The molecule has 1 fully saturated rings. The molecular formula is C14H21N2O2. The van der Waals surface area contributed by atoms with Gasteiger partial charge in [-0.15, -0.1) is 0 Å². The molecule has 2 rings (SSSR count). The standard InChI is InChI=1S/C14H21N2O2/c1-14(2,18)13(17)16-10-8-15(9-11-16)12-6-4-3-5-7-12/h3-4,6-7,18H,5,8-11H2,1-2H3. The van der Waals surface area contributed by atoms with Gasteiger partial charge in [-0.2, -0.15) is 0 Å². The first-order chi connectivity index (χ1) is 8.48. The van der Waals surface area contributed by atoms with Gasteiger partial charge in [-0.3, -0.25) is 4.79 Å². The van der Waals surface area contributed by atoms with Gasteiger partial charge in [0.05, 0.1) is 0 Å². The van der Waals surface area contributed by atoms with Gasteiger partial charge >= 0.3 is 0 Å². The fourth-order valence-electron chi connectivity index (χ4n) is 2.29. The van der Waals surface area contributed by atoms with Crippen LogP contribution < -0.4 is 0 Å². The Morgan fingerprint density at radius 1 is 1.28 bits per heavy atom. The normalized spacial score (nSPS) is 20.9. The van der Waals surface area contributed by atoms with Crippen LogP contribution >= 0.6 is 0 Å². The molecule has 0 bridgehead atoms. The maximum atomic E-state index is 11.9. The number of allylic oxidation sites excluding steroid dienone is 3. The predicted molar refractivity (Wildman–Crippen MR) is 70.6 cm³/mol. The van der Waals surface area contributed by atoms with Crippen LogP contribution in [0.15, 0.2) is 23.9 Å². The minimum atomic E-state index is -1.26. The Morgan fingerprint density at radius 2 is 1.94 bits per heavy atom. The third-order valence-electron chi connectivity index (χ3n) is 3.32. The second-order valence-corrected chi connectivity index (χ2v) is 5.30. The quantitative estimate of drug-likeness (QED) is 0.792. The van der Waals surface area contributed by atoms with Gasteiger partial charge in [-0.1, -0.05) is 12.2 Å². The number of rotatable bonds is 2. The largest absolute Gasteiger partial charge is 0.381 e. The maximum absolute atomic E-state index is 11.9. The van der Waals surface area contributed by atoms with Gasteiger partial charge in [-0.05, 0) is 32.8 Å². The SMILES string of the molecule is CC(C)(O)C(=O)N1CCN(C2=CC[CH]C=C2)CC1. The van der Waals surface area contributed by atoms with Crippen molar-refractivity contribution in [3.63, 3.8) is 0 Å². The molecule has 1 aliphatic carbocycles. The lowest BCUT2D eigenvalue weighted by atomic mass is 10.1. The van der Waals surface area contributed by atoms with E-state index >= 15 is 0 Å². The zero-order valence-electron chi connectivity index (χ0n) is 11.1. The average molecular weight is 249 g/mol. The molecule has 4 nitrogen and oxygen atoms in total. The third kappa shape index (κ3) is 2.93. The van der Waals surface area contributed by atoms with E-state index in [9.17, 15) is 9.90 Å². The number of hydrogen-bond donors (Lipinski definition) is 1. The van der Waals surface area contributed by atoms with Crippen LogP contribution in [0.25, 0.3) is 0 Å². The van der Waals surface area contributed by atoms with E-state index in [1.807, 2.05) is 0 Å². The molecule has 4 heteroatoms. The minimum absolute atomic E-state index is 0.177. The van der Waals surface area contributed by atoms with E-state index in [-0.39, 0.29) is 5.91 Å². The van der Waals surface area contributed by atoms with E-state index in [0.29, 0.717) is 13.1 Å². The lowest BCUT2D eigenvalue weighted by Gasteiger charge is -2.39. The molecule has 0 atom stereocenters. The number of piperazine rings is 1. The maximum Gasteiger partial charge on any atom is 0.254 e. The van der Waals surface area contributed by atoms with Crippen LogP contribution in [0, 0.1) is 6.42 Å². The zero-order chi connectivity index (χ0) is 13.2. The van der Waals surface area contributed by atoms with Crippen molar-refractivity contribution >= 4 is 5.91 Å². The molecule has 1 heterocycles. The van der Waals surface area contributed by atoms with Crippen molar-refractivity contribution in [1.82, 2.24) is 9.80 Å². The second-order valence-electron chi connectivity index (χ2n) is 5.30. The summed E-state index contributed by atoms with van der Waals surface area (Å²) < 4.78 is 0. The van der Waals surface area contributed by atoms with Crippen molar-refractivity contribution in [3.05, 3.63) is 30.3 Å². The molecule has 1 amide bonds. The molecule has 0 aromatic rings. The number of amides is 1. The van der Waals surface area contributed by atoms with Gasteiger partial charge in [-0.25, -0.2) is 0 Å². The number of aliphatic hydroxyl groups is 1. The van der Waals surface area contributed by atoms with Gasteiger partial charge in [0, 0.05) is 31.9 Å². The number of nitrogens with zero attached hydrogens (tertiary/aromatic N) is 2. The smallest absolute Gasteiger partial charge is 0.254 e. The van der Waals surface area contributed by atoms with Crippen LogP contribution in [0.1, 0.15) is 20.3 Å². The Hall–Kier alpha value is -1.29. The molecule has 0 aromatic heterocycles. The van der Waals surface area contributed by atoms with E-state index in [4.69, 9.17) is 0 Å². The third-order valence-corrected chi connectivity index (χ3v) is 3.32. The molecule has 0 spiro atoms. The topological polar surface area (TPSA) is 43.8 Å². The Kier molecular flexibility index (Phi) is 3.76. The molecular weight excluding hydrogens is 228 g/mol. The summed E-state index contributed by atoms with van der Waals surface area (Å²) in [6, 6.07) is 0. The van der Waals surface area contributed by atoms with Gasteiger partial charge < -0.3 is 14.9 Å². The summed E-state index contributed by atoms with van der Waals surface area (Å²) in [6.07, 6.45) is 9.49. The van der Waals surface area contributed by atoms with Gasteiger partial charge in [0.2, 0.25) is 0 Å². The van der Waals surface area contributed by atoms with E-state index in [1.54, 1.807) is 18.7 Å². The van der Waals surface area contributed by atoms with Gasteiger partial charge in [0.1, 0.15) is 5.60 Å². The first-order valence-electron chi connectivity index (χ1n) is 6.45. The summed E-state index contributed by atoms with van der Waals surface area (Å²) in [6.45, 7) is 6.11.